The van der Waals surface area contributed by atoms with Gasteiger partial charge in [-0.15, -0.1) is 11.3 Å². The van der Waals surface area contributed by atoms with Gasteiger partial charge in [-0.3, -0.25) is 14.0 Å². The van der Waals surface area contributed by atoms with E-state index in [0.717, 1.165) is 29.2 Å². The lowest BCUT2D eigenvalue weighted by molar-refractivity contribution is -0.133. The van der Waals surface area contributed by atoms with Gasteiger partial charge in [-0.05, 0) is 39.7 Å². The summed E-state index contributed by atoms with van der Waals surface area (Å²) in [5.41, 5.74) is 7.22. The first-order chi connectivity index (χ1) is 11.4. The maximum Gasteiger partial charge on any atom is 0.246 e. The van der Waals surface area contributed by atoms with Crippen molar-refractivity contribution in [2.24, 2.45) is 11.7 Å². The van der Waals surface area contributed by atoms with E-state index < -0.39 is 0 Å². The fourth-order valence-corrected chi connectivity index (χ4v) is 4.05. The molecule has 2 N–H and O–H groups in total. The number of fused-ring (bicyclic) bond motifs is 1. The summed E-state index contributed by atoms with van der Waals surface area (Å²) in [7, 11) is 0. The van der Waals surface area contributed by atoms with Crippen molar-refractivity contribution in [3.05, 3.63) is 28.5 Å². The summed E-state index contributed by atoms with van der Waals surface area (Å²) in [4.78, 5) is 32.4. The number of amides is 2. The highest BCUT2D eigenvalue weighted by atomic mass is 32.1. The van der Waals surface area contributed by atoms with Crippen LogP contribution >= 0.6 is 11.3 Å². The lowest BCUT2D eigenvalue weighted by Crippen LogP contribution is -2.48. The van der Waals surface area contributed by atoms with Crippen LogP contribution in [0.1, 0.15) is 36.0 Å². The van der Waals surface area contributed by atoms with Gasteiger partial charge in [-0.25, -0.2) is 4.98 Å². The molecule has 2 atom stereocenters. The lowest BCUT2D eigenvalue weighted by Gasteiger charge is -2.36. The summed E-state index contributed by atoms with van der Waals surface area (Å²) in [6, 6.07) is 0.118. The van der Waals surface area contributed by atoms with Gasteiger partial charge < -0.3 is 10.6 Å². The first kappa shape index (κ1) is 16.7. The number of imidazole rings is 1. The van der Waals surface area contributed by atoms with E-state index in [-0.39, 0.29) is 23.8 Å². The van der Waals surface area contributed by atoms with Crippen LogP contribution in [0.3, 0.4) is 0 Å². The molecule has 24 heavy (non-hydrogen) atoms. The molecular formula is C17H22N4O2S. The summed E-state index contributed by atoms with van der Waals surface area (Å²) in [5, 5.41) is 0. The zero-order chi connectivity index (χ0) is 17.4. The van der Waals surface area contributed by atoms with Crippen molar-refractivity contribution in [1.82, 2.24) is 14.3 Å². The van der Waals surface area contributed by atoms with E-state index in [1.54, 1.807) is 22.3 Å². The Balaban J connectivity index is 1.81. The molecule has 0 aromatic carbocycles. The van der Waals surface area contributed by atoms with Crippen molar-refractivity contribution in [2.75, 3.05) is 6.54 Å². The Kier molecular flexibility index (Phi) is 4.45. The van der Waals surface area contributed by atoms with E-state index in [1.807, 2.05) is 37.4 Å². The molecule has 0 bridgehead atoms. The lowest BCUT2D eigenvalue weighted by atomic mass is 9.93. The Morgan fingerprint density at radius 3 is 2.83 bits per heavy atom. The Morgan fingerprint density at radius 2 is 2.12 bits per heavy atom. The third-order valence-corrected chi connectivity index (χ3v) is 5.51. The van der Waals surface area contributed by atoms with Crippen molar-refractivity contribution in [3.8, 4) is 0 Å². The number of nitrogens with two attached hydrogens (primary N) is 1. The second-order valence-electron chi connectivity index (χ2n) is 6.43. The van der Waals surface area contributed by atoms with Crippen LogP contribution in [0.4, 0.5) is 0 Å². The molecule has 0 spiro atoms. The fraction of sp³-hybridized carbons (Fsp3) is 0.471. The Bertz CT molecular complexity index is 820. The van der Waals surface area contributed by atoms with E-state index in [9.17, 15) is 9.59 Å². The van der Waals surface area contributed by atoms with Crippen LogP contribution in [-0.2, 0) is 9.59 Å². The van der Waals surface area contributed by atoms with Crippen LogP contribution in [0.5, 0.6) is 0 Å². The van der Waals surface area contributed by atoms with Gasteiger partial charge in [0.2, 0.25) is 11.8 Å². The van der Waals surface area contributed by atoms with Crippen molar-refractivity contribution >= 4 is 34.2 Å². The van der Waals surface area contributed by atoms with E-state index in [0.29, 0.717) is 6.54 Å². The van der Waals surface area contributed by atoms with Gasteiger partial charge in [0.25, 0.3) is 0 Å². The number of aryl methyl sites for hydroxylation is 2. The van der Waals surface area contributed by atoms with Crippen LogP contribution in [-0.4, -0.2) is 38.7 Å². The minimum absolute atomic E-state index is 0.0882. The second kappa shape index (κ2) is 6.39. The van der Waals surface area contributed by atoms with E-state index in [2.05, 4.69) is 4.98 Å². The fourth-order valence-electron chi connectivity index (χ4n) is 3.17. The number of carbonyl (C=O) groups excluding carboxylic acids is 2. The number of thiazole rings is 1. The molecule has 2 amide bonds. The maximum absolute atomic E-state index is 12.6. The largest absolute Gasteiger partial charge is 0.369 e. The number of primary amides is 1. The van der Waals surface area contributed by atoms with Gasteiger partial charge in [0, 0.05) is 29.7 Å². The number of nitrogens with zero attached hydrogens (tertiary/aromatic N) is 3. The quantitative estimate of drug-likeness (QED) is 0.865. The number of aromatic nitrogens is 2. The molecule has 1 aliphatic heterocycles. The summed E-state index contributed by atoms with van der Waals surface area (Å²) < 4.78 is 2.00. The monoisotopic (exact) mass is 346 g/mol. The number of hydrogen-bond donors (Lipinski definition) is 1. The Hall–Kier alpha value is -2.15. The molecule has 0 saturated carbocycles. The van der Waals surface area contributed by atoms with Crippen molar-refractivity contribution in [1.29, 1.82) is 0 Å². The maximum atomic E-state index is 12.6. The number of piperidine rings is 1. The van der Waals surface area contributed by atoms with Gasteiger partial charge in [0.1, 0.15) is 0 Å². The topological polar surface area (TPSA) is 80.7 Å². The highest BCUT2D eigenvalue weighted by molar-refractivity contribution is 7.17. The van der Waals surface area contributed by atoms with Crippen LogP contribution < -0.4 is 5.73 Å². The zero-order valence-electron chi connectivity index (χ0n) is 14.2. The first-order valence-corrected chi connectivity index (χ1v) is 8.91. The summed E-state index contributed by atoms with van der Waals surface area (Å²) in [6.07, 6.45) is 6.96. The minimum Gasteiger partial charge on any atom is -0.369 e. The first-order valence-electron chi connectivity index (χ1n) is 8.10. The van der Waals surface area contributed by atoms with Gasteiger partial charge in [-0.2, -0.15) is 0 Å². The van der Waals surface area contributed by atoms with Crippen LogP contribution in [0.25, 0.3) is 11.0 Å². The predicted octanol–water partition coefficient (Wildman–Crippen LogP) is 2.14. The highest BCUT2D eigenvalue weighted by Crippen LogP contribution is 2.24. The summed E-state index contributed by atoms with van der Waals surface area (Å²) >= 11 is 1.62. The smallest absolute Gasteiger partial charge is 0.246 e. The average molecular weight is 346 g/mol. The van der Waals surface area contributed by atoms with E-state index in [4.69, 9.17) is 5.73 Å². The third-order valence-electron chi connectivity index (χ3n) is 4.61. The number of hydrogen-bond acceptors (Lipinski definition) is 4. The highest BCUT2D eigenvalue weighted by Gasteiger charge is 2.30. The number of rotatable bonds is 3. The van der Waals surface area contributed by atoms with E-state index >= 15 is 0 Å². The normalized spacial score (nSPS) is 21.7. The molecule has 6 nitrogen and oxygen atoms in total. The van der Waals surface area contributed by atoms with Gasteiger partial charge in [0.15, 0.2) is 4.96 Å². The van der Waals surface area contributed by atoms with Crippen LogP contribution in [0.15, 0.2) is 12.3 Å². The minimum atomic E-state index is -0.328. The summed E-state index contributed by atoms with van der Waals surface area (Å²) in [5.74, 6) is -0.665. The molecule has 2 aromatic heterocycles. The molecule has 0 unspecified atom stereocenters. The molecule has 3 rings (SSSR count). The number of carbonyl (C=O) groups is 2. The molecule has 0 aliphatic carbocycles. The van der Waals surface area contributed by atoms with Gasteiger partial charge >= 0.3 is 0 Å². The second-order valence-corrected chi connectivity index (χ2v) is 7.64. The standard InChI is InChI=1S/C17H22N4O2S/c1-10-4-5-13(16(18)23)9-20(10)15(22)7-6-14-12(3)19-17-21(14)8-11(2)24-17/h6-8,10,13H,4-5,9H2,1-3H3,(H2,18,23)/b7-6+/t10-,13-/m1/s1. The molecule has 1 saturated heterocycles. The molecular weight excluding hydrogens is 324 g/mol. The molecule has 3 heterocycles. The molecule has 0 radical (unpaired) electrons. The van der Waals surface area contributed by atoms with Crippen LogP contribution in [0, 0.1) is 19.8 Å². The van der Waals surface area contributed by atoms with Gasteiger partial charge in [-0.1, -0.05) is 0 Å². The average Bonchev–Trinajstić information content (AvgIpc) is 3.00. The van der Waals surface area contributed by atoms with Crippen molar-refractivity contribution < 1.29 is 9.59 Å². The Labute approximate surface area is 145 Å². The predicted molar refractivity (Wildman–Crippen MR) is 94.7 cm³/mol. The van der Waals surface area contributed by atoms with Crippen LogP contribution in [0.2, 0.25) is 0 Å². The zero-order valence-corrected chi connectivity index (χ0v) is 15.0. The molecule has 128 valence electrons. The molecule has 1 aliphatic rings. The summed E-state index contributed by atoms with van der Waals surface area (Å²) in [6.45, 7) is 6.38. The van der Waals surface area contributed by atoms with Crippen molar-refractivity contribution in [3.63, 3.8) is 0 Å². The Morgan fingerprint density at radius 1 is 1.38 bits per heavy atom. The third kappa shape index (κ3) is 3.08. The van der Waals surface area contributed by atoms with Crippen molar-refractivity contribution in [2.45, 2.75) is 39.7 Å². The molecule has 1 fully saturated rings. The number of likely N-dealkylation sites (tertiary alicyclic amines) is 1. The van der Waals surface area contributed by atoms with E-state index in [1.165, 1.54) is 4.88 Å². The molecule has 2 aromatic rings. The SMILES string of the molecule is Cc1cn2c(/C=C/C(=O)N3C[C@H](C(N)=O)CC[C@H]3C)c(C)nc2s1. The van der Waals surface area contributed by atoms with Gasteiger partial charge in [0.05, 0.1) is 17.3 Å². The molecule has 7 heteroatoms.